The van der Waals surface area contributed by atoms with Gasteiger partial charge in [0.05, 0.1) is 11.3 Å². The molecule has 0 bridgehead atoms. The van der Waals surface area contributed by atoms with Gasteiger partial charge in [0.15, 0.2) is 0 Å². The van der Waals surface area contributed by atoms with E-state index in [-0.39, 0.29) is 23.7 Å². The van der Waals surface area contributed by atoms with Gasteiger partial charge in [-0.2, -0.15) is 10.1 Å². The van der Waals surface area contributed by atoms with Gasteiger partial charge < -0.3 is 5.32 Å². The van der Waals surface area contributed by atoms with E-state index >= 15 is 0 Å². The molecular formula is C12H10N6O4. The average Bonchev–Trinajstić information content (AvgIpc) is 3.02. The molecule has 1 aromatic carbocycles. The number of carbonyl (C=O) groups is 2. The van der Waals surface area contributed by atoms with E-state index in [0.29, 0.717) is 0 Å². The van der Waals surface area contributed by atoms with Crippen molar-refractivity contribution in [2.45, 2.75) is 12.5 Å². The van der Waals surface area contributed by atoms with E-state index in [4.69, 9.17) is 0 Å². The Balaban J connectivity index is 1.74. The molecule has 2 aromatic rings. The third-order valence-electron chi connectivity index (χ3n) is 3.16. The number of amides is 2. The minimum absolute atomic E-state index is 0.0784. The molecule has 10 nitrogen and oxygen atoms in total. The maximum absolute atomic E-state index is 12.0. The van der Waals surface area contributed by atoms with Gasteiger partial charge in [-0.15, -0.1) is 0 Å². The predicted octanol–water partition coefficient (Wildman–Crippen LogP) is 0.708. The fourth-order valence-electron chi connectivity index (χ4n) is 2.17. The number of para-hydroxylation sites is 2. The second-order valence-electron chi connectivity index (χ2n) is 4.56. The Kier molecular flexibility index (Phi) is 3.26. The molecule has 0 spiro atoms. The Bertz CT molecular complexity index is 770. The number of benzene rings is 1. The number of fused-ring (bicyclic) bond motifs is 1. The first-order valence-corrected chi connectivity index (χ1v) is 6.30. The van der Waals surface area contributed by atoms with Gasteiger partial charge in [0, 0.05) is 6.07 Å². The highest BCUT2D eigenvalue weighted by atomic mass is 16.6. The molecule has 0 fully saturated rings. The largest absolute Gasteiger partial charge is 0.320 e. The van der Waals surface area contributed by atoms with Crippen molar-refractivity contribution in [2.75, 3.05) is 10.6 Å². The quantitative estimate of drug-likeness (QED) is 0.631. The number of anilines is 2. The lowest BCUT2D eigenvalue weighted by molar-refractivity contribution is -0.383. The van der Waals surface area contributed by atoms with Gasteiger partial charge in [-0.05, 0) is 6.07 Å². The van der Waals surface area contributed by atoms with Crippen LogP contribution >= 0.6 is 0 Å². The molecule has 0 aliphatic carbocycles. The van der Waals surface area contributed by atoms with Crippen molar-refractivity contribution in [2.24, 2.45) is 0 Å². The third kappa shape index (κ3) is 2.37. The van der Waals surface area contributed by atoms with E-state index in [2.05, 4.69) is 20.7 Å². The van der Waals surface area contributed by atoms with Crippen LogP contribution in [0.25, 0.3) is 0 Å². The molecule has 0 saturated carbocycles. The van der Waals surface area contributed by atoms with Crippen LogP contribution in [0.4, 0.5) is 17.3 Å². The molecule has 3 rings (SSSR count). The van der Waals surface area contributed by atoms with Gasteiger partial charge in [-0.25, -0.2) is 4.68 Å². The van der Waals surface area contributed by atoms with Gasteiger partial charge in [0.1, 0.15) is 18.1 Å². The van der Waals surface area contributed by atoms with Gasteiger partial charge in [0.2, 0.25) is 11.9 Å². The summed E-state index contributed by atoms with van der Waals surface area (Å²) in [7, 11) is 0. The Morgan fingerprint density at radius 3 is 3.00 bits per heavy atom. The highest BCUT2D eigenvalue weighted by molar-refractivity contribution is 6.01. The molecular weight excluding hydrogens is 292 g/mol. The molecule has 10 heteroatoms. The lowest BCUT2D eigenvalue weighted by atomic mass is 10.2. The predicted molar refractivity (Wildman–Crippen MR) is 74.0 cm³/mol. The molecule has 2 heterocycles. The minimum Gasteiger partial charge on any atom is -0.320 e. The van der Waals surface area contributed by atoms with Crippen LogP contribution in [0.15, 0.2) is 30.6 Å². The second kappa shape index (κ2) is 5.24. The van der Waals surface area contributed by atoms with Crippen molar-refractivity contribution in [3.63, 3.8) is 0 Å². The van der Waals surface area contributed by atoms with Crippen LogP contribution < -0.4 is 10.6 Å². The van der Waals surface area contributed by atoms with E-state index in [1.54, 1.807) is 6.07 Å². The highest BCUT2D eigenvalue weighted by Crippen LogP contribution is 2.26. The SMILES string of the molecule is O=C(C[C@H]1C(=O)Nc2ncnn21)Nc1ccccc1[N+](=O)[O-]. The fraction of sp³-hybridized carbons (Fsp3) is 0.167. The number of hydrogen-bond acceptors (Lipinski definition) is 6. The molecule has 22 heavy (non-hydrogen) atoms. The summed E-state index contributed by atoms with van der Waals surface area (Å²) in [4.78, 5) is 37.9. The van der Waals surface area contributed by atoms with E-state index < -0.39 is 22.8 Å². The number of rotatable bonds is 4. The molecule has 1 atom stereocenters. The fourth-order valence-corrected chi connectivity index (χ4v) is 2.17. The summed E-state index contributed by atoms with van der Waals surface area (Å²) < 4.78 is 1.31. The van der Waals surface area contributed by atoms with Crippen molar-refractivity contribution >= 4 is 29.1 Å². The zero-order valence-electron chi connectivity index (χ0n) is 11.1. The van der Waals surface area contributed by atoms with Gasteiger partial charge in [-0.1, -0.05) is 12.1 Å². The summed E-state index contributed by atoms with van der Waals surface area (Å²) in [5.74, 6) is -0.653. The Morgan fingerprint density at radius 2 is 2.23 bits per heavy atom. The maximum atomic E-state index is 12.0. The zero-order valence-corrected chi connectivity index (χ0v) is 11.1. The third-order valence-corrected chi connectivity index (χ3v) is 3.16. The first kappa shape index (κ1) is 13.7. The van der Waals surface area contributed by atoms with Gasteiger partial charge in [-0.3, -0.25) is 25.0 Å². The van der Waals surface area contributed by atoms with Crippen LogP contribution in [0.1, 0.15) is 12.5 Å². The Morgan fingerprint density at radius 1 is 1.45 bits per heavy atom. The molecule has 1 aliphatic rings. The molecule has 2 N–H and O–H groups in total. The zero-order chi connectivity index (χ0) is 15.7. The summed E-state index contributed by atoms with van der Waals surface area (Å²) >= 11 is 0. The Labute approximate surface area is 123 Å². The van der Waals surface area contributed by atoms with E-state index in [0.717, 1.165) is 0 Å². The number of nitrogens with zero attached hydrogens (tertiary/aromatic N) is 4. The van der Waals surface area contributed by atoms with Crippen LogP contribution in [-0.2, 0) is 9.59 Å². The number of aromatic nitrogens is 3. The summed E-state index contributed by atoms with van der Waals surface area (Å²) in [5.41, 5.74) is -0.136. The molecule has 1 aromatic heterocycles. The van der Waals surface area contributed by atoms with E-state index in [9.17, 15) is 19.7 Å². The van der Waals surface area contributed by atoms with Gasteiger partial charge in [0.25, 0.3) is 11.6 Å². The number of nitro benzene ring substituents is 1. The first-order valence-electron chi connectivity index (χ1n) is 6.30. The van der Waals surface area contributed by atoms with Gasteiger partial charge >= 0.3 is 0 Å². The summed E-state index contributed by atoms with van der Waals surface area (Å²) in [6, 6.07) is 4.96. The molecule has 0 radical (unpaired) electrons. The van der Waals surface area contributed by atoms with Crippen molar-refractivity contribution in [3.8, 4) is 0 Å². The lowest BCUT2D eigenvalue weighted by Gasteiger charge is -2.09. The van der Waals surface area contributed by atoms with E-state index in [1.807, 2.05) is 0 Å². The smallest absolute Gasteiger partial charge is 0.292 e. The highest BCUT2D eigenvalue weighted by Gasteiger charge is 2.34. The topological polar surface area (TPSA) is 132 Å². The monoisotopic (exact) mass is 302 g/mol. The first-order chi connectivity index (χ1) is 10.6. The Hall–Kier alpha value is -3.30. The van der Waals surface area contributed by atoms with Crippen LogP contribution in [0.3, 0.4) is 0 Å². The van der Waals surface area contributed by atoms with Crippen molar-refractivity contribution in [3.05, 3.63) is 40.7 Å². The number of nitro groups is 1. The van der Waals surface area contributed by atoms with Crippen LogP contribution in [0.5, 0.6) is 0 Å². The molecule has 0 saturated heterocycles. The average molecular weight is 302 g/mol. The molecule has 2 amide bonds. The second-order valence-corrected chi connectivity index (χ2v) is 4.56. The lowest BCUT2D eigenvalue weighted by Crippen LogP contribution is -2.23. The number of hydrogen-bond donors (Lipinski definition) is 2. The normalized spacial score (nSPS) is 16.0. The molecule has 112 valence electrons. The summed E-state index contributed by atoms with van der Waals surface area (Å²) in [6.07, 6.45) is 1.07. The van der Waals surface area contributed by atoms with Crippen LogP contribution in [0, 0.1) is 10.1 Å². The summed E-state index contributed by atoms with van der Waals surface area (Å²) in [6.45, 7) is 0. The standard InChI is InChI=1S/C12H10N6O4/c19-10(15-7-3-1-2-4-8(7)18(21)22)5-9-11(20)16-12-13-6-14-17(9)12/h1-4,6,9H,5H2,(H,15,19)(H,13,14,16,20)/t9-/m0/s1. The summed E-state index contributed by atoms with van der Waals surface area (Å²) in [5, 5.41) is 19.7. The van der Waals surface area contributed by atoms with Crippen molar-refractivity contribution < 1.29 is 14.5 Å². The maximum Gasteiger partial charge on any atom is 0.292 e. The van der Waals surface area contributed by atoms with Crippen LogP contribution in [0.2, 0.25) is 0 Å². The van der Waals surface area contributed by atoms with E-state index in [1.165, 1.54) is 29.2 Å². The van der Waals surface area contributed by atoms with Crippen molar-refractivity contribution in [1.82, 2.24) is 14.8 Å². The van der Waals surface area contributed by atoms with Crippen molar-refractivity contribution in [1.29, 1.82) is 0 Å². The minimum atomic E-state index is -0.819. The molecule has 1 aliphatic heterocycles. The molecule has 0 unspecified atom stereocenters. The van der Waals surface area contributed by atoms with Crippen LogP contribution in [-0.4, -0.2) is 31.5 Å². The number of nitrogens with one attached hydrogen (secondary N) is 2. The number of carbonyl (C=O) groups excluding carboxylic acids is 2.